The first kappa shape index (κ1) is 17.0. The van der Waals surface area contributed by atoms with Crippen molar-refractivity contribution in [2.75, 3.05) is 33.3 Å². The Morgan fingerprint density at radius 2 is 2.00 bits per heavy atom. The van der Waals surface area contributed by atoms with Crippen LogP contribution in [0.5, 0.6) is 5.75 Å². The third kappa shape index (κ3) is 5.12. The average molecular weight is 280 g/mol. The first-order valence-electron chi connectivity index (χ1n) is 7.40. The monoisotopic (exact) mass is 280 g/mol. The summed E-state index contributed by atoms with van der Waals surface area (Å²) in [6.45, 7) is 10.3. The lowest BCUT2D eigenvalue weighted by Crippen LogP contribution is -2.38. The standard InChI is InChI=1S/C16H28N2O2/c1-5-18(6-2)11-10-17-13(3)16(19)14-8-7-9-15(12-14)20-4/h7-9,12-13,16-17,19H,5-6,10-11H2,1-4H3. The van der Waals surface area contributed by atoms with Crippen LogP contribution in [0.15, 0.2) is 24.3 Å². The molecule has 0 fully saturated rings. The maximum Gasteiger partial charge on any atom is 0.119 e. The lowest BCUT2D eigenvalue weighted by molar-refractivity contribution is 0.133. The maximum absolute atomic E-state index is 10.4. The molecule has 1 aromatic carbocycles. The van der Waals surface area contributed by atoms with E-state index < -0.39 is 6.10 Å². The van der Waals surface area contributed by atoms with Crippen LogP contribution in [0.1, 0.15) is 32.4 Å². The molecular formula is C16H28N2O2. The molecule has 0 spiro atoms. The predicted molar refractivity (Wildman–Crippen MR) is 83.2 cm³/mol. The number of methoxy groups -OCH3 is 1. The van der Waals surface area contributed by atoms with Crippen LogP contribution >= 0.6 is 0 Å². The predicted octanol–water partition coefficient (Wildman–Crippen LogP) is 2.05. The molecule has 4 heteroatoms. The summed E-state index contributed by atoms with van der Waals surface area (Å²) in [7, 11) is 1.64. The van der Waals surface area contributed by atoms with Crippen molar-refractivity contribution >= 4 is 0 Å². The van der Waals surface area contributed by atoms with Crippen molar-refractivity contribution < 1.29 is 9.84 Å². The summed E-state index contributed by atoms with van der Waals surface area (Å²) >= 11 is 0. The van der Waals surface area contributed by atoms with E-state index in [4.69, 9.17) is 4.74 Å². The number of nitrogens with zero attached hydrogens (tertiary/aromatic N) is 1. The van der Waals surface area contributed by atoms with Crippen molar-refractivity contribution in [3.05, 3.63) is 29.8 Å². The maximum atomic E-state index is 10.4. The van der Waals surface area contributed by atoms with Gasteiger partial charge >= 0.3 is 0 Å². The van der Waals surface area contributed by atoms with Crippen molar-refractivity contribution in [1.29, 1.82) is 0 Å². The van der Waals surface area contributed by atoms with Crippen molar-refractivity contribution in [2.24, 2.45) is 0 Å². The van der Waals surface area contributed by atoms with Crippen LogP contribution in [0.4, 0.5) is 0 Å². The van der Waals surface area contributed by atoms with Gasteiger partial charge in [0.25, 0.3) is 0 Å². The summed E-state index contributed by atoms with van der Waals surface area (Å²) in [6, 6.07) is 7.61. The van der Waals surface area contributed by atoms with Gasteiger partial charge < -0.3 is 20.1 Å². The largest absolute Gasteiger partial charge is 0.497 e. The zero-order valence-corrected chi connectivity index (χ0v) is 13.1. The zero-order chi connectivity index (χ0) is 15.0. The highest BCUT2D eigenvalue weighted by Crippen LogP contribution is 2.21. The second kappa shape index (κ2) is 8.95. The highest BCUT2D eigenvalue weighted by molar-refractivity contribution is 5.30. The molecular weight excluding hydrogens is 252 g/mol. The third-order valence-corrected chi connectivity index (χ3v) is 3.70. The van der Waals surface area contributed by atoms with E-state index in [-0.39, 0.29) is 6.04 Å². The van der Waals surface area contributed by atoms with Crippen LogP contribution in [-0.2, 0) is 0 Å². The van der Waals surface area contributed by atoms with E-state index in [0.717, 1.165) is 37.5 Å². The van der Waals surface area contributed by atoms with E-state index in [9.17, 15) is 5.11 Å². The van der Waals surface area contributed by atoms with Gasteiger partial charge in [0.05, 0.1) is 13.2 Å². The van der Waals surface area contributed by atoms with Crippen LogP contribution in [0.3, 0.4) is 0 Å². The van der Waals surface area contributed by atoms with Crippen molar-refractivity contribution in [3.63, 3.8) is 0 Å². The van der Waals surface area contributed by atoms with Gasteiger partial charge in [0.2, 0.25) is 0 Å². The smallest absolute Gasteiger partial charge is 0.119 e. The molecule has 0 aliphatic heterocycles. The highest BCUT2D eigenvalue weighted by atomic mass is 16.5. The number of likely N-dealkylation sites (N-methyl/N-ethyl adjacent to an activating group) is 1. The molecule has 114 valence electrons. The SMILES string of the molecule is CCN(CC)CCNC(C)C(O)c1cccc(OC)c1. The molecule has 1 rings (SSSR count). The van der Waals surface area contributed by atoms with E-state index in [1.165, 1.54) is 0 Å². The Bertz CT molecular complexity index is 380. The average Bonchev–Trinajstić information content (AvgIpc) is 2.50. The summed E-state index contributed by atoms with van der Waals surface area (Å²) < 4.78 is 5.19. The molecule has 0 bridgehead atoms. The van der Waals surface area contributed by atoms with Gasteiger partial charge in [-0.25, -0.2) is 0 Å². The van der Waals surface area contributed by atoms with Gasteiger partial charge in [0, 0.05) is 19.1 Å². The topological polar surface area (TPSA) is 44.7 Å². The zero-order valence-electron chi connectivity index (χ0n) is 13.1. The number of hydrogen-bond acceptors (Lipinski definition) is 4. The van der Waals surface area contributed by atoms with Gasteiger partial charge in [0.1, 0.15) is 5.75 Å². The van der Waals surface area contributed by atoms with E-state index in [1.807, 2.05) is 31.2 Å². The number of aliphatic hydroxyl groups is 1. The summed E-state index contributed by atoms with van der Waals surface area (Å²) in [4.78, 5) is 2.36. The Morgan fingerprint density at radius 1 is 1.30 bits per heavy atom. The molecule has 2 atom stereocenters. The van der Waals surface area contributed by atoms with Crippen LogP contribution in [-0.4, -0.2) is 49.3 Å². The molecule has 0 aliphatic carbocycles. The molecule has 4 nitrogen and oxygen atoms in total. The Kier molecular flexibility index (Phi) is 7.59. The van der Waals surface area contributed by atoms with Gasteiger partial charge in [-0.15, -0.1) is 0 Å². The lowest BCUT2D eigenvalue weighted by Gasteiger charge is -2.23. The van der Waals surface area contributed by atoms with Gasteiger partial charge in [-0.1, -0.05) is 26.0 Å². The Hall–Kier alpha value is -1.10. The van der Waals surface area contributed by atoms with Gasteiger partial charge in [-0.3, -0.25) is 0 Å². The summed E-state index contributed by atoms with van der Waals surface area (Å²) in [6.07, 6.45) is -0.526. The van der Waals surface area contributed by atoms with Crippen molar-refractivity contribution in [1.82, 2.24) is 10.2 Å². The fourth-order valence-corrected chi connectivity index (χ4v) is 2.22. The van der Waals surface area contributed by atoms with E-state index >= 15 is 0 Å². The molecule has 0 radical (unpaired) electrons. The fourth-order valence-electron chi connectivity index (χ4n) is 2.22. The molecule has 0 saturated heterocycles. The van der Waals surface area contributed by atoms with E-state index in [1.54, 1.807) is 7.11 Å². The number of rotatable bonds is 9. The number of aliphatic hydroxyl groups excluding tert-OH is 1. The molecule has 2 N–H and O–H groups in total. The Balaban J connectivity index is 2.47. The summed E-state index contributed by atoms with van der Waals surface area (Å²) in [5, 5.41) is 13.7. The van der Waals surface area contributed by atoms with E-state index in [2.05, 4.69) is 24.1 Å². The molecule has 1 aromatic rings. The number of benzene rings is 1. The summed E-state index contributed by atoms with van der Waals surface area (Å²) in [5.74, 6) is 0.775. The van der Waals surface area contributed by atoms with Gasteiger partial charge in [0.15, 0.2) is 0 Å². The molecule has 2 unspecified atom stereocenters. The van der Waals surface area contributed by atoms with Crippen LogP contribution in [0.2, 0.25) is 0 Å². The first-order valence-corrected chi connectivity index (χ1v) is 7.40. The van der Waals surface area contributed by atoms with Crippen LogP contribution in [0.25, 0.3) is 0 Å². The van der Waals surface area contributed by atoms with Crippen molar-refractivity contribution in [3.8, 4) is 5.75 Å². The molecule has 0 aliphatic rings. The Morgan fingerprint density at radius 3 is 2.60 bits per heavy atom. The number of nitrogens with one attached hydrogen (secondary N) is 1. The molecule has 0 saturated carbocycles. The van der Waals surface area contributed by atoms with Gasteiger partial charge in [-0.2, -0.15) is 0 Å². The lowest BCUT2D eigenvalue weighted by atomic mass is 10.0. The second-order valence-corrected chi connectivity index (χ2v) is 4.99. The minimum atomic E-state index is -0.526. The molecule has 20 heavy (non-hydrogen) atoms. The normalized spacial score (nSPS) is 14.3. The minimum Gasteiger partial charge on any atom is -0.497 e. The molecule has 0 amide bonds. The number of hydrogen-bond donors (Lipinski definition) is 2. The summed E-state index contributed by atoms with van der Waals surface area (Å²) in [5.41, 5.74) is 0.882. The third-order valence-electron chi connectivity index (χ3n) is 3.70. The van der Waals surface area contributed by atoms with Crippen LogP contribution < -0.4 is 10.1 Å². The second-order valence-electron chi connectivity index (χ2n) is 4.99. The highest BCUT2D eigenvalue weighted by Gasteiger charge is 2.16. The van der Waals surface area contributed by atoms with Crippen molar-refractivity contribution in [2.45, 2.75) is 32.9 Å². The Labute approximate surface area is 122 Å². The first-order chi connectivity index (χ1) is 9.62. The van der Waals surface area contributed by atoms with Crippen LogP contribution in [0, 0.1) is 0 Å². The molecule has 0 aromatic heterocycles. The molecule has 0 heterocycles. The quantitative estimate of drug-likeness (QED) is 0.727. The number of ether oxygens (including phenoxy) is 1. The van der Waals surface area contributed by atoms with E-state index in [0.29, 0.717) is 0 Å². The fraction of sp³-hybridized carbons (Fsp3) is 0.625. The van der Waals surface area contributed by atoms with Gasteiger partial charge in [-0.05, 0) is 37.7 Å². The minimum absolute atomic E-state index is 0.0117.